The van der Waals surface area contributed by atoms with Gasteiger partial charge in [0.25, 0.3) is 5.56 Å². The maximum absolute atomic E-state index is 13.1. The van der Waals surface area contributed by atoms with Crippen LogP contribution < -0.4 is 10.3 Å². The Kier molecular flexibility index (Phi) is 5.93. The molecule has 0 fully saturated rings. The summed E-state index contributed by atoms with van der Waals surface area (Å²) in [5.74, 6) is 0.0222. The Labute approximate surface area is 203 Å². The molecule has 3 heterocycles. The molecule has 7 nitrogen and oxygen atoms in total. The van der Waals surface area contributed by atoms with Crippen molar-refractivity contribution in [3.8, 4) is 5.75 Å². The van der Waals surface area contributed by atoms with Crippen LogP contribution in [-0.4, -0.2) is 33.9 Å². The molecule has 180 valence electrons. The molecule has 2 aromatic carbocycles. The smallest absolute Gasteiger partial charge is 0.306 e. The number of hydrogen-bond acceptors (Lipinski definition) is 5. The van der Waals surface area contributed by atoms with E-state index in [4.69, 9.17) is 9.47 Å². The highest BCUT2D eigenvalue weighted by molar-refractivity contribution is 5.83. The molecule has 0 bridgehead atoms. The molecule has 7 heteroatoms. The third-order valence-corrected chi connectivity index (χ3v) is 6.77. The number of H-pyrrole nitrogens is 2. The van der Waals surface area contributed by atoms with Gasteiger partial charge < -0.3 is 14.6 Å². The summed E-state index contributed by atoms with van der Waals surface area (Å²) in [7, 11) is 1.36. The van der Waals surface area contributed by atoms with Crippen molar-refractivity contribution in [2.24, 2.45) is 0 Å². The molecule has 0 amide bonds. The number of carbonyl (C=O) groups excluding carboxylic acids is 1. The van der Waals surface area contributed by atoms with Gasteiger partial charge >= 0.3 is 5.97 Å². The number of benzene rings is 2. The molecule has 0 saturated heterocycles. The van der Waals surface area contributed by atoms with E-state index in [2.05, 4.69) is 35.1 Å². The number of esters is 1. The Morgan fingerprint density at radius 2 is 2.00 bits per heavy atom. The zero-order valence-electron chi connectivity index (χ0n) is 20.2. The van der Waals surface area contributed by atoms with Crippen LogP contribution in [0.2, 0.25) is 0 Å². The molecule has 0 unspecified atom stereocenters. The minimum atomic E-state index is -0.507. The number of nitrogens with one attached hydrogen (secondary N) is 2. The molecule has 1 aliphatic heterocycles. The van der Waals surface area contributed by atoms with Crippen LogP contribution in [0.1, 0.15) is 60.6 Å². The number of hydrogen-bond donors (Lipinski definition) is 2. The fourth-order valence-corrected chi connectivity index (χ4v) is 4.96. The molecular formula is C28H29N3O4. The molecule has 0 saturated carbocycles. The second kappa shape index (κ2) is 9.06. The predicted octanol–water partition coefficient (Wildman–Crippen LogP) is 4.64. The summed E-state index contributed by atoms with van der Waals surface area (Å²) < 4.78 is 11.1. The fourth-order valence-electron chi connectivity index (χ4n) is 4.96. The lowest BCUT2D eigenvalue weighted by molar-refractivity contribution is -0.140. The van der Waals surface area contributed by atoms with E-state index in [9.17, 15) is 9.59 Å². The first-order valence-electron chi connectivity index (χ1n) is 11.9. The summed E-state index contributed by atoms with van der Waals surface area (Å²) in [5.41, 5.74) is 4.69. The number of methoxy groups -OCH3 is 1. The van der Waals surface area contributed by atoms with Crippen LogP contribution in [-0.2, 0) is 22.4 Å². The number of fused-ring (bicyclic) bond motifs is 2. The van der Waals surface area contributed by atoms with Crippen LogP contribution in [0.15, 0.2) is 59.5 Å². The van der Waals surface area contributed by atoms with Gasteiger partial charge in [0.1, 0.15) is 11.4 Å². The van der Waals surface area contributed by atoms with Gasteiger partial charge in [-0.05, 0) is 55.5 Å². The van der Waals surface area contributed by atoms with Crippen LogP contribution in [0.3, 0.4) is 0 Å². The van der Waals surface area contributed by atoms with Crippen LogP contribution in [0.25, 0.3) is 10.9 Å². The highest BCUT2D eigenvalue weighted by Gasteiger charge is 2.29. The van der Waals surface area contributed by atoms with Crippen LogP contribution in [0.5, 0.6) is 5.75 Å². The van der Waals surface area contributed by atoms with Crippen LogP contribution >= 0.6 is 0 Å². The van der Waals surface area contributed by atoms with Gasteiger partial charge in [-0.25, -0.2) is 0 Å². The van der Waals surface area contributed by atoms with E-state index in [1.54, 1.807) is 6.20 Å². The van der Waals surface area contributed by atoms with Crippen LogP contribution in [0, 0.1) is 0 Å². The average Bonchev–Trinajstić information content (AvgIpc) is 3.21. The lowest BCUT2D eigenvalue weighted by Crippen LogP contribution is -2.32. The summed E-state index contributed by atoms with van der Waals surface area (Å²) in [6.45, 7) is 4.20. The zero-order chi connectivity index (χ0) is 24.6. The SMILES string of the molecule is COC(=O)C[C@H](c1c(Cc2ccc3c(c2)CCC(C)(C)O3)[nH][nH]c1=O)c1cccc2cccnc12. The van der Waals surface area contributed by atoms with Gasteiger partial charge in [0, 0.05) is 35.2 Å². The second-order valence-electron chi connectivity index (χ2n) is 9.71. The molecule has 2 N–H and O–H groups in total. The topological polar surface area (TPSA) is 97.1 Å². The largest absolute Gasteiger partial charge is 0.488 e. The molecule has 0 radical (unpaired) electrons. The minimum Gasteiger partial charge on any atom is -0.488 e. The number of aryl methyl sites for hydroxylation is 1. The number of para-hydroxylation sites is 1. The fraction of sp³-hybridized carbons (Fsp3) is 0.321. The van der Waals surface area contributed by atoms with Crippen molar-refractivity contribution in [2.75, 3.05) is 7.11 Å². The Bertz CT molecular complexity index is 1440. The van der Waals surface area contributed by atoms with Gasteiger partial charge in [-0.3, -0.25) is 19.7 Å². The highest BCUT2D eigenvalue weighted by atomic mass is 16.5. The molecule has 5 rings (SSSR count). The third-order valence-electron chi connectivity index (χ3n) is 6.77. The maximum Gasteiger partial charge on any atom is 0.306 e. The number of pyridine rings is 1. The van der Waals surface area contributed by atoms with Gasteiger partial charge in [-0.15, -0.1) is 0 Å². The summed E-state index contributed by atoms with van der Waals surface area (Å²) in [4.78, 5) is 30.1. The summed E-state index contributed by atoms with van der Waals surface area (Å²) in [6.07, 6.45) is 4.16. The number of aromatic nitrogens is 3. The quantitative estimate of drug-likeness (QED) is 0.399. The van der Waals surface area contributed by atoms with E-state index in [1.165, 1.54) is 12.7 Å². The number of rotatable bonds is 6. The third kappa shape index (κ3) is 4.58. The first kappa shape index (κ1) is 22.9. The zero-order valence-corrected chi connectivity index (χ0v) is 20.2. The number of aromatic amines is 2. The molecule has 1 atom stereocenters. The van der Waals surface area contributed by atoms with Gasteiger partial charge in [0.05, 0.1) is 19.0 Å². The number of ether oxygens (including phenoxy) is 2. The molecule has 0 spiro atoms. The molecule has 4 aromatic rings. The normalized spacial score (nSPS) is 15.3. The van der Waals surface area contributed by atoms with E-state index in [0.29, 0.717) is 12.0 Å². The van der Waals surface area contributed by atoms with Crippen molar-refractivity contribution in [3.63, 3.8) is 0 Å². The molecule has 35 heavy (non-hydrogen) atoms. The first-order chi connectivity index (χ1) is 16.8. The average molecular weight is 472 g/mol. The van der Waals surface area contributed by atoms with Crippen molar-refractivity contribution >= 4 is 16.9 Å². The Morgan fingerprint density at radius 3 is 2.83 bits per heavy atom. The van der Waals surface area contributed by atoms with Crippen molar-refractivity contribution in [1.82, 2.24) is 15.2 Å². The monoisotopic (exact) mass is 471 g/mol. The molecule has 2 aromatic heterocycles. The van der Waals surface area contributed by atoms with Gasteiger partial charge in [0.2, 0.25) is 0 Å². The summed E-state index contributed by atoms with van der Waals surface area (Å²) >= 11 is 0. The van der Waals surface area contributed by atoms with E-state index >= 15 is 0 Å². The van der Waals surface area contributed by atoms with Crippen LogP contribution in [0.4, 0.5) is 0 Å². The Balaban J connectivity index is 1.55. The van der Waals surface area contributed by atoms with Crippen molar-refractivity contribution in [1.29, 1.82) is 0 Å². The van der Waals surface area contributed by atoms with E-state index < -0.39 is 5.92 Å². The Hall–Kier alpha value is -3.87. The lowest BCUT2D eigenvalue weighted by Gasteiger charge is -2.32. The van der Waals surface area contributed by atoms with Crippen molar-refractivity contribution in [3.05, 3.63) is 93.0 Å². The highest BCUT2D eigenvalue weighted by Crippen LogP contribution is 2.35. The predicted molar refractivity (Wildman–Crippen MR) is 134 cm³/mol. The van der Waals surface area contributed by atoms with Gasteiger partial charge in [-0.2, -0.15) is 0 Å². The van der Waals surface area contributed by atoms with Gasteiger partial charge in [0.15, 0.2) is 0 Å². The van der Waals surface area contributed by atoms with Crippen molar-refractivity contribution < 1.29 is 14.3 Å². The van der Waals surface area contributed by atoms with E-state index in [1.807, 2.05) is 42.5 Å². The standard InChI is InChI=1S/C28H29N3O4/c1-28(2)12-11-19-14-17(9-10-23(19)35-28)15-22-25(27(33)31-30-22)21(16-24(32)34-3)20-8-4-6-18-7-5-13-29-26(18)20/h4-10,13-14,21H,11-12,15-16H2,1-3H3,(H2,30,31,33)/t21-/m0/s1. The molecule has 0 aliphatic carbocycles. The number of nitrogens with zero attached hydrogens (tertiary/aromatic N) is 1. The van der Waals surface area contributed by atoms with E-state index in [-0.39, 0.29) is 23.6 Å². The van der Waals surface area contributed by atoms with Crippen molar-refractivity contribution in [2.45, 2.75) is 51.0 Å². The maximum atomic E-state index is 13.1. The minimum absolute atomic E-state index is 0.0350. The Morgan fingerprint density at radius 1 is 1.17 bits per heavy atom. The summed E-state index contributed by atoms with van der Waals surface area (Å²) in [5, 5.41) is 6.76. The molecule has 1 aliphatic rings. The lowest BCUT2D eigenvalue weighted by atomic mass is 9.85. The first-order valence-corrected chi connectivity index (χ1v) is 11.9. The molecular weight excluding hydrogens is 442 g/mol. The summed E-state index contributed by atoms with van der Waals surface area (Å²) in [6, 6.07) is 15.9. The van der Waals surface area contributed by atoms with E-state index in [0.717, 1.165) is 46.3 Å². The second-order valence-corrected chi connectivity index (χ2v) is 9.71. The van der Waals surface area contributed by atoms with Gasteiger partial charge in [-0.1, -0.05) is 36.4 Å². The number of carbonyl (C=O) groups is 1.